The lowest BCUT2D eigenvalue weighted by molar-refractivity contribution is -0.105. The molecule has 0 aromatic heterocycles. The molecule has 2 nitrogen and oxygen atoms in total. The summed E-state index contributed by atoms with van der Waals surface area (Å²) in [6.07, 6.45) is 9.87. The molecule has 0 unspecified atom stereocenters. The van der Waals surface area contributed by atoms with Gasteiger partial charge in [-0.25, -0.2) is 0 Å². The number of unbranched alkanes of at least 4 members (excludes halogenated alkanes) is 6. The van der Waals surface area contributed by atoms with Crippen molar-refractivity contribution in [1.82, 2.24) is 0 Å². The minimum Gasteiger partial charge on any atom is -0.453 e. The monoisotopic (exact) mass is 340 g/mol. The van der Waals surface area contributed by atoms with E-state index in [4.69, 9.17) is 9.47 Å². The topological polar surface area (TPSA) is 18.5 Å². The van der Waals surface area contributed by atoms with Crippen molar-refractivity contribution in [3.63, 3.8) is 0 Å². The fraction of sp³-hybridized carbons (Fsp3) is 0.478. The van der Waals surface area contributed by atoms with Crippen LogP contribution in [-0.2, 0) is 0 Å². The Labute approximate surface area is 153 Å². The molecule has 25 heavy (non-hydrogen) atoms. The summed E-state index contributed by atoms with van der Waals surface area (Å²) in [6, 6.07) is 19.9. The van der Waals surface area contributed by atoms with Gasteiger partial charge in [0.05, 0.1) is 0 Å². The van der Waals surface area contributed by atoms with Crippen LogP contribution in [0.5, 0.6) is 11.5 Å². The molecule has 0 saturated carbocycles. The Morgan fingerprint density at radius 2 is 1.08 bits per heavy atom. The van der Waals surface area contributed by atoms with Gasteiger partial charge in [0.1, 0.15) is 11.5 Å². The second-order valence-electron chi connectivity index (χ2n) is 6.84. The minimum atomic E-state index is -0.647. The first-order valence-corrected chi connectivity index (χ1v) is 9.70. The molecule has 2 aromatic carbocycles. The summed E-state index contributed by atoms with van der Waals surface area (Å²) in [4.78, 5) is 0. The van der Waals surface area contributed by atoms with E-state index >= 15 is 0 Å². The van der Waals surface area contributed by atoms with E-state index in [2.05, 4.69) is 6.92 Å². The highest BCUT2D eigenvalue weighted by Gasteiger charge is 2.28. The molecule has 0 aliphatic carbocycles. The van der Waals surface area contributed by atoms with Gasteiger partial charge < -0.3 is 9.47 Å². The summed E-state index contributed by atoms with van der Waals surface area (Å²) >= 11 is 0. The summed E-state index contributed by atoms with van der Waals surface area (Å²) in [5, 5.41) is 0. The SMILES string of the molecule is CCCCCCCCCC(C)(Oc1ccccc1)Oc1ccccc1. The predicted molar refractivity (Wildman–Crippen MR) is 105 cm³/mol. The molecule has 0 fully saturated rings. The highest BCUT2D eigenvalue weighted by molar-refractivity contribution is 5.24. The van der Waals surface area contributed by atoms with E-state index in [-0.39, 0.29) is 0 Å². The first kappa shape index (κ1) is 19.4. The molecule has 0 atom stereocenters. The van der Waals surface area contributed by atoms with Gasteiger partial charge in [-0.3, -0.25) is 0 Å². The Bertz CT molecular complexity index is 524. The third-order valence-electron chi connectivity index (χ3n) is 4.39. The van der Waals surface area contributed by atoms with Gasteiger partial charge in [-0.1, -0.05) is 81.8 Å². The van der Waals surface area contributed by atoms with Gasteiger partial charge in [-0.05, 0) is 30.7 Å². The Kier molecular flexibility index (Phi) is 8.38. The van der Waals surface area contributed by atoms with E-state index in [1.165, 1.54) is 38.5 Å². The maximum Gasteiger partial charge on any atom is 0.248 e. The van der Waals surface area contributed by atoms with Gasteiger partial charge in [-0.2, -0.15) is 0 Å². The zero-order chi connectivity index (χ0) is 17.8. The Morgan fingerprint density at radius 1 is 0.640 bits per heavy atom. The molecule has 0 aliphatic rings. The standard InChI is InChI=1S/C23H32O2/c1-3-4-5-6-7-8-15-20-23(2,24-21-16-11-9-12-17-21)25-22-18-13-10-14-19-22/h9-14,16-19H,3-8,15,20H2,1-2H3. The van der Waals surface area contributed by atoms with Gasteiger partial charge in [0, 0.05) is 13.3 Å². The third-order valence-corrected chi connectivity index (χ3v) is 4.39. The maximum atomic E-state index is 6.23. The van der Waals surface area contributed by atoms with Crippen LogP contribution in [0.15, 0.2) is 60.7 Å². The first-order chi connectivity index (χ1) is 12.2. The minimum absolute atomic E-state index is 0.647. The van der Waals surface area contributed by atoms with E-state index < -0.39 is 5.79 Å². The zero-order valence-electron chi connectivity index (χ0n) is 15.7. The Balaban J connectivity index is 1.89. The number of para-hydroxylation sites is 2. The predicted octanol–water partition coefficient (Wildman–Crippen LogP) is 7.00. The van der Waals surface area contributed by atoms with Crippen LogP contribution >= 0.6 is 0 Å². The number of benzene rings is 2. The molecule has 2 rings (SSSR count). The largest absolute Gasteiger partial charge is 0.453 e. The maximum absolute atomic E-state index is 6.23. The first-order valence-electron chi connectivity index (χ1n) is 9.70. The van der Waals surface area contributed by atoms with Crippen molar-refractivity contribution < 1.29 is 9.47 Å². The smallest absolute Gasteiger partial charge is 0.248 e. The lowest BCUT2D eigenvalue weighted by Gasteiger charge is -2.31. The van der Waals surface area contributed by atoms with E-state index in [9.17, 15) is 0 Å². The van der Waals surface area contributed by atoms with Crippen molar-refractivity contribution in [2.24, 2.45) is 0 Å². The van der Waals surface area contributed by atoms with Crippen LogP contribution in [0, 0.1) is 0 Å². The molecule has 0 amide bonds. The fourth-order valence-electron chi connectivity index (χ4n) is 3.00. The summed E-state index contributed by atoms with van der Waals surface area (Å²) in [6.45, 7) is 4.30. The number of rotatable bonds is 12. The van der Waals surface area contributed by atoms with E-state index in [0.29, 0.717) is 0 Å². The van der Waals surface area contributed by atoms with E-state index in [0.717, 1.165) is 24.3 Å². The Hall–Kier alpha value is -1.96. The second kappa shape index (κ2) is 10.8. The van der Waals surface area contributed by atoms with Gasteiger partial charge in [-0.15, -0.1) is 0 Å². The summed E-state index contributed by atoms with van der Waals surface area (Å²) < 4.78 is 12.5. The summed E-state index contributed by atoms with van der Waals surface area (Å²) in [5.74, 6) is 1.05. The summed E-state index contributed by atoms with van der Waals surface area (Å²) in [5.41, 5.74) is 0. The average molecular weight is 341 g/mol. The van der Waals surface area contributed by atoms with Gasteiger partial charge in [0.15, 0.2) is 0 Å². The van der Waals surface area contributed by atoms with Crippen molar-refractivity contribution in [2.75, 3.05) is 0 Å². The molecule has 0 radical (unpaired) electrons. The molecule has 0 spiro atoms. The van der Waals surface area contributed by atoms with Crippen molar-refractivity contribution in [3.05, 3.63) is 60.7 Å². The van der Waals surface area contributed by atoms with Crippen molar-refractivity contribution >= 4 is 0 Å². The molecular weight excluding hydrogens is 308 g/mol. The lowest BCUT2D eigenvalue weighted by atomic mass is 10.0. The molecule has 0 bridgehead atoms. The summed E-state index contributed by atoms with van der Waals surface area (Å²) in [7, 11) is 0. The van der Waals surface area contributed by atoms with E-state index in [1.54, 1.807) is 0 Å². The van der Waals surface area contributed by atoms with E-state index in [1.807, 2.05) is 67.6 Å². The number of hydrogen-bond donors (Lipinski definition) is 0. The highest BCUT2D eigenvalue weighted by atomic mass is 16.7. The van der Waals surface area contributed by atoms with Crippen LogP contribution in [0.1, 0.15) is 65.2 Å². The van der Waals surface area contributed by atoms with Crippen LogP contribution < -0.4 is 9.47 Å². The molecule has 0 aliphatic heterocycles. The van der Waals surface area contributed by atoms with Crippen molar-refractivity contribution in [3.8, 4) is 11.5 Å². The van der Waals surface area contributed by atoms with Crippen molar-refractivity contribution in [2.45, 2.75) is 71.0 Å². The second-order valence-corrected chi connectivity index (χ2v) is 6.84. The highest BCUT2D eigenvalue weighted by Crippen LogP contribution is 2.27. The van der Waals surface area contributed by atoms with Gasteiger partial charge in [0.2, 0.25) is 5.79 Å². The molecule has 0 N–H and O–H groups in total. The fourth-order valence-corrected chi connectivity index (χ4v) is 3.00. The van der Waals surface area contributed by atoms with Crippen LogP contribution in [0.2, 0.25) is 0 Å². The van der Waals surface area contributed by atoms with Crippen LogP contribution in [0.25, 0.3) is 0 Å². The molecule has 136 valence electrons. The third kappa shape index (κ3) is 7.64. The van der Waals surface area contributed by atoms with Crippen LogP contribution in [0.4, 0.5) is 0 Å². The van der Waals surface area contributed by atoms with Crippen LogP contribution in [0.3, 0.4) is 0 Å². The Morgan fingerprint density at radius 3 is 1.56 bits per heavy atom. The van der Waals surface area contributed by atoms with Crippen LogP contribution in [-0.4, -0.2) is 5.79 Å². The molecule has 2 heteroatoms. The molecule has 0 saturated heterocycles. The lowest BCUT2D eigenvalue weighted by Crippen LogP contribution is -2.39. The molecule has 2 aromatic rings. The average Bonchev–Trinajstić information content (AvgIpc) is 2.62. The molecule has 0 heterocycles. The number of hydrogen-bond acceptors (Lipinski definition) is 2. The van der Waals surface area contributed by atoms with Gasteiger partial charge in [0.25, 0.3) is 0 Å². The molecular formula is C23H32O2. The quantitative estimate of drug-likeness (QED) is 0.306. The normalized spacial score (nSPS) is 11.3. The van der Waals surface area contributed by atoms with Crippen molar-refractivity contribution in [1.29, 1.82) is 0 Å². The van der Waals surface area contributed by atoms with Gasteiger partial charge >= 0.3 is 0 Å². The zero-order valence-corrected chi connectivity index (χ0v) is 15.7. The number of ether oxygens (including phenoxy) is 2.